The van der Waals surface area contributed by atoms with Crippen molar-refractivity contribution in [3.63, 3.8) is 0 Å². The van der Waals surface area contributed by atoms with Crippen molar-refractivity contribution in [2.45, 2.75) is 18.4 Å². The summed E-state index contributed by atoms with van der Waals surface area (Å²) < 4.78 is 27.4. The largest absolute Gasteiger partial charge is 0.339 e. The predicted molar refractivity (Wildman–Crippen MR) is 131 cm³/mol. The minimum absolute atomic E-state index is 0.131. The maximum atomic E-state index is 13.1. The summed E-state index contributed by atoms with van der Waals surface area (Å²) in [6, 6.07) is 20.7. The number of carbonyl (C=O) groups excluding carboxylic acids is 1. The van der Waals surface area contributed by atoms with Crippen LogP contribution in [0, 0.1) is 6.92 Å². The Balaban J connectivity index is 1.58. The average Bonchev–Trinajstić information content (AvgIpc) is 3.11. The molecule has 0 bridgehead atoms. The summed E-state index contributed by atoms with van der Waals surface area (Å²) in [5.74, 6) is -1.06. The number of carbonyl (C=O) groups is 1. The lowest BCUT2D eigenvalue weighted by Gasteiger charge is -2.25. The van der Waals surface area contributed by atoms with E-state index in [1.54, 1.807) is 30.3 Å². The normalized spacial score (nSPS) is 13.2. The fourth-order valence-electron chi connectivity index (χ4n) is 4.19. The Kier molecular flexibility index (Phi) is 5.71. The highest BCUT2D eigenvalue weighted by Crippen LogP contribution is 2.39. The Hall–Kier alpha value is -3.49. The van der Waals surface area contributed by atoms with E-state index in [4.69, 9.17) is 11.6 Å². The second-order valence-corrected chi connectivity index (χ2v) is 10.5. The topological polar surface area (TPSA) is 85.2 Å². The van der Waals surface area contributed by atoms with Crippen LogP contribution in [0.2, 0.25) is 5.02 Å². The van der Waals surface area contributed by atoms with Gasteiger partial charge in [-0.3, -0.25) is 4.79 Å². The first kappa shape index (κ1) is 22.3. The Morgan fingerprint density at radius 2 is 1.74 bits per heavy atom. The van der Waals surface area contributed by atoms with Gasteiger partial charge in [0.1, 0.15) is 5.75 Å². The molecular formula is C25H21ClN4O3S. The first-order chi connectivity index (χ1) is 16.3. The van der Waals surface area contributed by atoms with E-state index >= 15 is 0 Å². The molecule has 7 nitrogen and oxygen atoms in total. The van der Waals surface area contributed by atoms with Crippen molar-refractivity contribution in [1.29, 1.82) is 0 Å². The van der Waals surface area contributed by atoms with Crippen molar-refractivity contribution in [3.8, 4) is 11.3 Å². The van der Waals surface area contributed by atoms with Gasteiger partial charge in [-0.15, -0.1) is 5.10 Å². The molecule has 0 radical (unpaired) electrons. The summed E-state index contributed by atoms with van der Waals surface area (Å²) in [4.78, 5) is 15.3. The van der Waals surface area contributed by atoms with Crippen LogP contribution >= 0.6 is 11.6 Å². The Morgan fingerprint density at radius 3 is 2.47 bits per heavy atom. The summed E-state index contributed by atoms with van der Waals surface area (Å²) in [5.41, 5.74) is 4.55. The van der Waals surface area contributed by atoms with Gasteiger partial charge in [0.2, 0.25) is 0 Å². The van der Waals surface area contributed by atoms with Crippen LogP contribution in [0.5, 0.6) is 0 Å². The van der Waals surface area contributed by atoms with E-state index in [1.165, 1.54) is 12.1 Å². The number of ketones is 1. The molecule has 34 heavy (non-hydrogen) atoms. The van der Waals surface area contributed by atoms with Crippen molar-refractivity contribution in [2.24, 2.45) is 0 Å². The summed E-state index contributed by atoms with van der Waals surface area (Å²) in [7, 11) is -3.75. The van der Waals surface area contributed by atoms with Gasteiger partial charge < -0.3 is 4.90 Å². The number of hydrogen-bond acceptors (Lipinski definition) is 6. The predicted octanol–water partition coefficient (Wildman–Crippen LogP) is 4.72. The highest BCUT2D eigenvalue weighted by molar-refractivity contribution is 7.92. The lowest BCUT2D eigenvalue weighted by Crippen LogP contribution is -2.22. The fraction of sp³-hybridized carbons (Fsp3) is 0.160. The molecule has 3 aromatic carbocycles. The van der Waals surface area contributed by atoms with Crippen LogP contribution in [0.4, 0.5) is 11.4 Å². The number of hydrogen-bond donors (Lipinski definition) is 0. The zero-order valence-electron chi connectivity index (χ0n) is 18.3. The summed E-state index contributed by atoms with van der Waals surface area (Å²) in [5, 5.41) is 9.11. The van der Waals surface area contributed by atoms with Gasteiger partial charge in [0, 0.05) is 28.4 Å². The van der Waals surface area contributed by atoms with Gasteiger partial charge in [-0.25, -0.2) is 13.1 Å². The number of Topliss-reactive ketones (excluding diaryl/α,β-unsaturated/α-hetero) is 1. The lowest BCUT2D eigenvalue weighted by molar-refractivity contribution is 0.102. The first-order valence-corrected chi connectivity index (χ1v) is 12.7. The van der Waals surface area contributed by atoms with E-state index in [0.717, 1.165) is 28.3 Å². The van der Waals surface area contributed by atoms with Crippen molar-refractivity contribution < 1.29 is 13.2 Å². The molecule has 0 N–H and O–H groups in total. The zero-order chi connectivity index (χ0) is 23.9. The molecule has 0 amide bonds. The maximum absolute atomic E-state index is 13.1. The molecule has 0 unspecified atom stereocenters. The van der Waals surface area contributed by atoms with E-state index in [1.807, 2.05) is 41.9 Å². The summed E-state index contributed by atoms with van der Waals surface area (Å²) in [6.45, 7) is 3.08. The third-order valence-corrected chi connectivity index (χ3v) is 7.75. The van der Waals surface area contributed by atoms with Crippen molar-refractivity contribution in [1.82, 2.24) is 15.0 Å². The van der Waals surface area contributed by atoms with Gasteiger partial charge in [-0.05, 0) is 55.5 Å². The van der Waals surface area contributed by atoms with Crippen LogP contribution in [-0.4, -0.2) is 41.5 Å². The number of anilines is 2. The Labute approximate surface area is 202 Å². The van der Waals surface area contributed by atoms with Gasteiger partial charge in [-0.2, -0.15) is 0 Å². The molecule has 1 aliphatic heterocycles. The molecule has 0 saturated heterocycles. The molecule has 2 heterocycles. The van der Waals surface area contributed by atoms with Gasteiger partial charge in [0.15, 0.2) is 15.6 Å². The van der Waals surface area contributed by atoms with E-state index in [0.29, 0.717) is 23.7 Å². The van der Waals surface area contributed by atoms with Gasteiger partial charge >= 0.3 is 0 Å². The molecule has 1 aliphatic rings. The Morgan fingerprint density at radius 1 is 1.00 bits per heavy atom. The molecule has 172 valence electrons. The molecule has 0 spiro atoms. The van der Waals surface area contributed by atoms with E-state index < -0.39 is 21.4 Å². The van der Waals surface area contributed by atoms with Crippen LogP contribution in [0.25, 0.3) is 11.3 Å². The third kappa shape index (κ3) is 4.10. The van der Waals surface area contributed by atoms with Gasteiger partial charge in [0.25, 0.3) is 0 Å². The minimum Gasteiger partial charge on any atom is -0.339 e. The number of benzene rings is 3. The molecule has 4 aromatic rings. The quantitative estimate of drug-likeness (QED) is 0.375. The van der Waals surface area contributed by atoms with Crippen molar-refractivity contribution in [2.75, 3.05) is 17.2 Å². The molecule has 0 atom stereocenters. The number of halogens is 1. The van der Waals surface area contributed by atoms with Crippen LogP contribution < -0.4 is 4.90 Å². The number of sulfone groups is 1. The lowest BCUT2D eigenvalue weighted by atomic mass is 10.0. The number of nitrogens with zero attached hydrogens (tertiary/aromatic N) is 4. The second kappa shape index (κ2) is 8.70. The number of aromatic nitrogens is 3. The SMILES string of the molecule is Cc1nnn2c1-c1ccc(C(=O)CS(=O)(=O)c3ccccc3)cc1N(c1ccc(Cl)cc1)CC2. The van der Waals surface area contributed by atoms with Gasteiger partial charge in [-0.1, -0.05) is 41.1 Å². The number of rotatable bonds is 5. The molecule has 1 aromatic heterocycles. The highest BCUT2D eigenvalue weighted by atomic mass is 35.5. The van der Waals surface area contributed by atoms with Crippen LogP contribution in [0.1, 0.15) is 16.1 Å². The third-order valence-electron chi connectivity index (χ3n) is 5.87. The highest BCUT2D eigenvalue weighted by Gasteiger charge is 2.26. The van der Waals surface area contributed by atoms with Crippen LogP contribution in [0.3, 0.4) is 0 Å². The van der Waals surface area contributed by atoms with Crippen molar-refractivity contribution >= 4 is 38.6 Å². The smallest absolute Gasteiger partial charge is 0.185 e. The summed E-state index contributed by atoms with van der Waals surface area (Å²) >= 11 is 6.10. The minimum atomic E-state index is -3.75. The molecule has 9 heteroatoms. The number of aryl methyl sites for hydroxylation is 1. The Bertz CT molecular complexity index is 1480. The number of fused-ring (bicyclic) bond motifs is 3. The summed E-state index contributed by atoms with van der Waals surface area (Å²) in [6.07, 6.45) is 0. The molecule has 5 rings (SSSR count). The van der Waals surface area contributed by atoms with E-state index in [2.05, 4.69) is 15.2 Å². The molecular weight excluding hydrogens is 472 g/mol. The molecule has 0 saturated carbocycles. The first-order valence-electron chi connectivity index (χ1n) is 10.7. The van der Waals surface area contributed by atoms with Crippen LogP contribution in [-0.2, 0) is 16.4 Å². The fourth-order valence-corrected chi connectivity index (χ4v) is 5.57. The van der Waals surface area contributed by atoms with Gasteiger partial charge in [0.05, 0.1) is 28.5 Å². The second-order valence-electron chi connectivity index (χ2n) is 8.10. The van der Waals surface area contributed by atoms with E-state index in [-0.39, 0.29) is 4.90 Å². The van der Waals surface area contributed by atoms with Crippen molar-refractivity contribution in [3.05, 3.63) is 89.1 Å². The monoisotopic (exact) mass is 492 g/mol. The zero-order valence-corrected chi connectivity index (χ0v) is 19.9. The van der Waals surface area contributed by atoms with E-state index in [9.17, 15) is 13.2 Å². The molecule has 0 fully saturated rings. The average molecular weight is 493 g/mol. The van der Waals surface area contributed by atoms with Crippen LogP contribution in [0.15, 0.2) is 77.7 Å². The standard InChI is InChI=1S/C25H21ClN4O3S/c1-17-25-22-12-7-18(24(31)16-34(32,33)21-5-3-2-4-6-21)15-23(22)29(13-14-30(25)28-27-17)20-10-8-19(26)9-11-20/h2-12,15H,13-14,16H2,1H3. The molecule has 0 aliphatic carbocycles. The maximum Gasteiger partial charge on any atom is 0.185 e.